The number of amides is 1. The Kier molecular flexibility index (Phi) is 8.78. The van der Waals surface area contributed by atoms with E-state index in [2.05, 4.69) is 31.2 Å². The zero-order valence-electron chi connectivity index (χ0n) is 20.8. The van der Waals surface area contributed by atoms with Crippen LogP contribution >= 0.6 is 0 Å². The van der Waals surface area contributed by atoms with Crippen molar-refractivity contribution in [2.75, 3.05) is 34.1 Å². The van der Waals surface area contributed by atoms with E-state index < -0.39 is 21.9 Å². The van der Waals surface area contributed by atoms with Gasteiger partial charge in [-0.25, -0.2) is 4.98 Å². The molecule has 0 atom stereocenters. The SMILES string of the molecule is CCS(=O)(=O)O.CNc1cccc(C)c1CNc1nc(Nc2ccc3c(c2)CC(=O)N3)ncc1C(F)(F)F. The fourth-order valence-electron chi connectivity index (χ4n) is 3.56. The van der Waals surface area contributed by atoms with Crippen molar-refractivity contribution in [2.24, 2.45) is 0 Å². The number of carbonyl (C=O) groups is 1. The van der Waals surface area contributed by atoms with Crippen molar-refractivity contribution in [1.29, 1.82) is 0 Å². The highest BCUT2D eigenvalue weighted by Gasteiger charge is 2.35. The van der Waals surface area contributed by atoms with E-state index in [9.17, 15) is 26.4 Å². The summed E-state index contributed by atoms with van der Waals surface area (Å²) in [7, 11) is -1.91. The number of rotatable bonds is 7. The summed E-state index contributed by atoms with van der Waals surface area (Å²) in [6.45, 7) is 3.41. The summed E-state index contributed by atoms with van der Waals surface area (Å²) in [6.07, 6.45) is -3.61. The molecule has 0 unspecified atom stereocenters. The molecule has 38 heavy (non-hydrogen) atoms. The van der Waals surface area contributed by atoms with E-state index in [-0.39, 0.29) is 36.4 Å². The van der Waals surface area contributed by atoms with Crippen LogP contribution in [0.1, 0.15) is 29.2 Å². The highest BCUT2D eigenvalue weighted by Crippen LogP contribution is 2.35. The fraction of sp³-hybridized carbons (Fsp3) is 0.292. The molecule has 0 bridgehead atoms. The summed E-state index contributed by atoms with van der Waals surface area (Å²) in [4.78, 5) is 19.5. The van der Waals surface area contributed by atoms with Gasteiger partial charge < -0.3 is 21.3 Å². The number of anilines is 5. The number of fused-ring (bicyclic) bond motifs is 1. The molecule has 0 aliphatic carbocycles. The number of nitrogens with zero attached hydrogens (tertiary/aromatic N) is 2. The van der Waals surface area contributed by atoms with E-state index >= 15 is 0 Å². The van der Waals surface area contributed by atoms with Gasteiger partial charge in [0, 0.05) is 36.9 Å². The summed E-state index contributed by atoms with van der Waals surface area (Å²) in [5.41, 5.74) is 3.73. The second-order valence-electron chi connectivity index (χ2n) is 8.25. The first-order valence-corrected chi connectivity index (χ1v) is 13.0. The number of carbonyl (C=O) groups excluding carboxylic acids is 1. The minimum Gasteiger partial charge on any atom is -0.388 e. The lowest BCUT2D eigenvalue weighted by Gasteiger charge is -2.17. The third-order valence-corrected chi connectivity index (χ3v) is 6.29. The first-order valence-electron chi connectivity index (χ1n) is 11.4. The molecule has 1 aromatic heterocycles. The van der Waals surface area contributed by atoms with E-state index in [1.807, 2.05) is 25.1 Å². The standard InChI is InChI=1S/C22H21F3N6O.C2H6O3S/c1-12-4-3-5-18(26-2)15(12)10-27-20-16(22(23,24)25)11-28-21(31-20)29-14-6-7-17-13(8-14)9-19(32)30-17;1-2-6(3,4)5/h3-8,11,26H,9-10H2,1-2H3,(H,30,32)(H2,27,28,29,31);2H2,1H3,(H,3,4,5). The molecule has 0 radical (unpaired) electrons. The van der Waals surface area contributed by atoms with E-state index in [1.165, 1.54) is 6.92 Å². The van der Waals surface area contributed by atoms with Crippen LogP contribution in [-0.4, -0.2) is 41.6 Å². The number of benzene rings is 2. The van der Waals surface area contributed by atoms with Gasteiger partial charge in [0.15, 0.2) is 0 Å². The highest BCUT2D eigenvalue weighted by molar-refractivity contribution is 7.85. The van der Waals surface area contributed by atoms with Gasteiger partial charge in [0.2, 0.25) is 11.9 Å². The second-order valence-corrected chi connectivity index (χ2v) is 9.99. The van der Waals surface area contributed by atoms with Gasteiger partial charge in [-0.1, -0.05) is 12.1 Å². The van der Waals surface area contributed by atoms with Crippen molar-refractivity contribution in [3.63, 3.8) is 0 Å². The summed E-state index contributed by atoms with van der Waals surface area (Å²) in [5, 5.41) is 11.5. The number of alkyl halides is 3. The molecule has 1 aliphatic heterocycles. The number of nitrogens with one attached hydrogen (secondary N) is 4. The Hall–Kier alpha value is -3.91. The Bertz CT molecular complexity index is 1430. The van der Waals surface area contributed by atoms with Gasteiger partial charge in [-0.15, -0.1) is 0 Å². The first kappa shape index (κ1) is 28.7. The molecule has 3 aromatic rings. The monoisotopic (exact) mass is 552 g/mol. The van der Waals surface area contributed by atoms with Crippen LogP contribution in [0.15, 0.2) is 42.6 Å². The van der Waals surface area contributed by atoms with Gasteiger partial charge in [-0.05, 0) is 54.8 Å². The minimum atomic E-state index is -4.61. The van der Waals surface area contributed by atoms with E-state index in [0.717, 1.165) is 34.3 Å². The van der Waals surface area contributed by atoms with Gasteiger partial charge in [0.1, 0.15) is 11.4 Å². The van der Waals surface area contributed by atoms with Gasteiger partial charge >= 0.3 is 6.18 Å². The smallest absolute Gasteiger partial charge is 0.388 e. The molecular weight excluding hydrogens is 525 g/mol. The summed E-state index contributed by atoms with van der Waals surface area (Å²) < 4.78 is 67.6. The number of hydrogen-bond donors (Lipinski definition) is 5. The lowest BCUT2D eigenvalue weighted by Crippen LogP contribution is -2.15. The number of aryl methyl sites for hydroxylation is 1. The molecule has 2 heterocycles. The molecule has 1 aliphatic rings. The highest BCUT2D eigenvalue weighted by atomic mass is 32.2. The third-order valence-electron chi connectivity index (χ3n) is 5.56. The van der Waals surface area contributed by atoms with Crippen LogP contribution in [0.5, 0.6) is 0 Å². The molecule has 2 aromatic carbocycles. The molecule has 1 amide bonds. The predicted octanol–water partition coefficient (Wildman–Crippen LogP) is 4.59. The van der Waals surface area contributed by atoms with E-state index in [4.69, 9.17) is 4.55 Å². The Morgan fingerprint density at radius 1 is 1.18 bits per heavy atom. The number of aromatic nitrogens is 2. The molecule has 0 saturated carbocycles. The maximum Gasteiger partial charge on any atom is 0.421 e. The Morgan fingerprint density at radius 2 is 1.89 bits per heavy atom. The van der Waals surface area contributed by atoms with Crippen molar-refractivity contribution in [3.05, 3.63) is 64.8 Å². The molecule has 0 saturated heterocycles. The van der Waals surface area contributed by atoms with Gasteiger partial charge in [0.25, 0.3) is 10.1 Å². The topological polar surface area (TPSA) is 145 Å². The molecule has 10 nitrogen and oxygen atoms in total. The average Bonchev–Trinajstić information content (AvgIpc) is 3.21. The third kappa shape index (κ3) is 7.55. The first-order chi connectivity index (χ1) is 17.8. The molecular formula is C24H27F3N6O4S. The Balaban J connectivity index is 0.000000599. The summed E-state index contributed by atoms with van der Waals surface area (Å²) in [6, 6.07) is 10.8. The van der Waals surface area contributed by atoms with Gasteiger partial charge in [0.05, 0.1) is 12.2 Å². The molecule has 204 valence electrons. The van der Waals surface area contributed by atoms with Crippen molar-refractivity contribution < 1.29 is 30.9 Å². The average molecular weight is 553 g/mol. The summed E-state index contributed by atoms with van der Waals surface area (Å²) >= 11 is 0. The van der Waals surface area contributed by atoms with Crippen molar-refractivity contribution >= 4 is 44.9 Å². The van der Waals surface area contributed by atoms with Crippen LogP contribution in [0.4, 0.5) is 42.0 Å². The van der Waals surface area contributed by atoms with Crippen molar-refractivity contribution in [2.45, 2.75) is 33.0 Å². The van der Waals surface area contributed by atoms with Crippen LogP contribution < -0.4 is 21.3 Å². The number of halogens is 3. The maximum atomic E-state index is 13.6. The van der Waals surface area contributed by atoms with Crippen LogP contribution in [0.3, 0.4) is 0 Å². The second kappa shape index (κ2) is 11.6. The van der Waals surface area contributed by atoms with Crippen LogP contribution in [0, 0.1) is 6.92 Å². The summed E-state index contributed by atoms with van der Waals surface area (Å²) in [5.74, 6) is -0.617. The zero-order valence-corrected chi connectivity index (χ0v) is 21.6. The minimum absolute atomic E-state index is 0.0105. The maximum absolute atomic E-state index is 13.6. The van der Waals surface area contributed by atoms with E-state index in [1.54, 1.807) is 25.2 Å². The molecule has 4 rings (SSSR count). The molecule has 0 spiro atoms. The quantitative estimate of drug-likeness (QED) is 0.266. The van der Waals surface area contributed by atoms with Crippen molar-refractivity contribution in [1.82, 2.24) is 9.97 Å². The number of hydrogen-bond acceptors (Lipinski definition) is 8. The van der Waals surface area contributed by atoms with Crippen LogP contribution in [-0.2, 0) is 34.1 Å². The Morgan fingerprint density at radius 3 is 2.53 bits per heavy atom. The predicted molar refractivity (Wildman–Crippen MR) is 139 cm³/mol. The molecule has 14 heteroatoms. The van der Waals surface area contributed by atoms with Crippen LogP contribution in [0.2, 0.25) is 0 Å². The molecule has 0 fully saturated rings. The Labute approximate surface area is 217 Å². The normalized spacial score (nSPS) is 12.7. The van der Waals surface area contributed by atoms with Crippen LogP contribution in [0.25, 0.3) is 0 Å². The zero-order chi connectivity index (χ0) is 28.1. The lowest BCUT2D eigenvalue weighted by molar-refractivity contribution is -0.137. The largest absolute Gasteiger partial charge is 0.421 e. The fourth-order valence-corrected chi connectivity index (χ4v) is 3.56. The van der Waals surface area contributed by atoms with Gasteiger partial charge in [-0.2, -0.15) is 26.6 Å². The van der Waals surface area contributed by atoms with Crippen molar-refractivity contribution in [3.8, 4) is 0 Å². The van der Waals surface area contributed by atoms with Gasteiger partial charge in [-0.3, -0.25) is 9.35 Å². The lowest BCUT2D eigenvalue weighted by atomic mass is 10.1. The van der Waals surface area contributed by atoms with E-state index in [0.29, 0.717) is 5.69 Å². The molecule has 5 N–H and O–H groups in total.